The van der Waals surface area contributed by atoms with Gasteiger partial charge in [-0.05, 0) is 72.5 Å². The molecule has 0 bridgehead atoms. The Hall–Kier alpha value is -5.70. The molecular formula is C44H48N6O7. The van der Waals surface area contributed by atoms with Crippen LogP contribution in [0.5, 0.6) is 11.5 Å². The highest BCUT2D eigenvalue weighted by atomic mass is 16.6. The van der Waals surface area contributed by atoms with E-state index in [0.717, 1.165) is 42.4 Å². The van der Waals surface area contributed by atoms with Gasteiger partial charge in [-0.3, -0.25) is 9.36 Å². The van der Waals surface area contributed by atoms with E-state index in [9.17, 15) is 9.90 Å². The standard InChI is InChI=1S/C44H48N6O7/c1-53-34-21-17-32(18-22-34)44(31-15-9-6-10-16-31,33-19-23-35(54-2)24-20-33)56-27-36-38(51)39(55-26-12-4-3-11-25-45)43(57-36)50-29-48-37-40(46-28-47-41(37)50)49-42(52)30-13-7-5-8-14-30/h5-10,13-24,28-29,36,38-39,43,51H,3-4,11-12,25-27,45H2,1-2H3,(H,46,47,49,52)/t36-,38-,39-,43-/m1/s1. The fourth-order valence-corrected chi connectivity index (χ4v) is 7.26. The molecule has 4 N–H and O–H groups in total. The molecule has 296 valence electrons. The third-order valence-electron chi connectivity index (χ3n) is 10.3. The van der Waals surface area contributed by atoms with Gasteiger partial charge in [0.1, 0.15) is 41.7 Å². The first-order valence-corrected chi connectivity index (χ1v) is 19.1. The molecule has 1 fully saturated rings. The maximum absolute atomic E-state index is 13.1. The van der Waals surface area contributed by atoms with Gasteiger partial charge in [0, 0.05) is 12.2 Å². The molecule has 13 nitrogen and oxygen atoms in total. The van der Waals surface area contributed by atoms with E-state index in [1.807, 2.05) is 84.9 Å². The number of nitrogens with two attached hydrogens (primary N) is 1. The van der Waals surface area contributed by atoms with Gasteiger partial charge >= 0.3 is 0 Å². The van der Waals surface area contributed by atoms with Gasteiger partial charge in [-0.2, -0.15) is 0 Å². The van der Waals surface area contributed by atoms with E-state index in [-0.39, 0.29) is 18.3 Å². The second kappa shape index (κ2) is 18.5. The van der Waals surface area contributed by atoms with Crippen molar-refractivity contribution in [1.82, 2.24) is 19.5 Å². The third-order valence-corrected chi connectivity index (χ3v) is 10.3. The Morgan fingerprint density at radius 2 is 1.42 bits per heavy atom. The number of aliphatic hydroxyl groups excluding tert-OH is 1. The Balaban J connectivity index is 1.22. The van der Waals surface area contributed by atoms with Crippen LogP contribution >= 0.6 is 0 Å². The molecule has 57 heavy (non-hydrogen) atoms. The van der Waals surface area contributed by atoms with E-state index in [1.54, 1.807) is 49.4 Å². The molecule has 13 heteroatoms. The predicted octanol–water partition coefficient (Wildman–Crippen LogP) is 6.27. The first-order valence-electron chi connectivity index (χ1n) is 19.1. The molecule has 0 radical (unpaired) electrons. The van der Waals surface area contributed by atoms with Crippen molar-refractivity contribution in [1.29, 1.82) is 0 Å². The summed E-state index contributed by atoms with van der Waals surface area (Å²) in [6.45, 7) is 1.01. The molecule has 4 aromatic carbocycles. The van der Waals surface area contributed by atoms with Crippen molar-refractivity contribution in [3.63, 3.8) is 0 Å². The van der Waals surface area contributed by atoms with E-state index in [0.29, 0.717) is 41.4 Å². The monoisotopic (exact) mass is 772 g/mol. The molecule has 0 unspecified atom stereocenters. The normalized spacial score (nSPS) is 18.1. The molecule has 0 spiro atoms. The topological polar surface area (TPSA) is 165 Å². The molecule has 0 aliphatic carbocycles. The molecule has 2 aromatic heterocycles. The van der Waals surface area contributed by atoms with E-state index in [2.05, 4.69) is 20.3 Å². The summed E-state index contributed by atoms with van der Waals surface area (Å²) in [5.41, 5.74) is 8.37. The SMILES string of the molecule is COc1ccc(C(OC[C@H]2O[C@@H](n3cnc4c(NC(=O)c5ccccc5)ncnc43)[C@H](OCCCCCCN)[C@@H]2O)(c2ccccc2)c2ccc(OC)cc2)cc1. The third kappa shape index (κ3) is 8.53. The van der Waals surface area contributed by atoms with Crippen LogP contribution in [0, 0.1) is 0 Å². The number of rotatable bonds is 18. The van der Waals surface area contributed by atoms with Gasteiger partial charge in [0.05, 0.1) is 27.2 Å². The van der Waals surface area contributed by atoms with Gasteiger partial charge in [-0.1, -0.05) is 85.6 Å². The number of hydrogen-bond acceptors (Lipinski definition) is 11. The average molecular weight is 773 g/mol. The van der Waals surface area contributed by atoms with Gasteiger partial charge in [-0.25, -0.2) is 15.0 Å². The van der Waals surface area contributed by atoms with Gasteiger partial charge in [-0.15, -0.1) is 0 Å². The maximum atomic E-state index is 13.1. The number of nitrogens with one attached hydrogen (secondary N) is 1. The number of aliphatic hydroxyl groups is 1. The van der Waals surface area contributed by atoms with Crippen molar-refractivity contribution >= 4 is 22.9 Å². The van der Waals surface area contributed by atoms with E-state index >= 15 is 0 Å². The molecule has 6 aromatic rings. The molecule has 4 atom stereocenters. The number of carbonyl (C=O) groups excluding carboxylic acids is 1. The van der Waals surface area contributed by atoms with Crippen molar-refractivity contribution in [2.75, 3.05) is 39.3 Å². The summed E-state index contributed by atoms with van der Waals surface area (Å²) >= 11 is 0. The highest BCUT2D eigenvalue weighted by molar-refractivity contribution is 6.06. The summed E-state index contributed by atoms with van der Waals surface area (Å²) in [4.78, 5) is 26.5. The van der Waals surface area contributed by atoms with E-state index in [4.69, 9.17) is 29.4 Å². The number of imidazole rings is 1. The predicted molar refractivity (Wildman–Crippen MR) is 215 cm³/mol. The van der Waals surface area contributed by atoms with Crippen LogP contribution in [0.25, 0.3) is 11.2 Å². The number of carbonyl (C=O) groups is 1. The number of ether oxygens (including phenoxy) is 5. The molecule has 1 saturated heterocycles. The lowest BCUT2D eigenvalue weighted by molar-refractivity contribution is -0.0961. The minimum absolute atomic E-state index is 0.0268. The largest absolute Gasteiger partial charge is 0.497 e. The second-order valence-corrected chi connectivity index (χ2v) is 13.8. The fraction of sp³-hybridized carbons (Fsp3) is 0.318. The molecule has 1 aliphatic rings. The number of fused-ring (bicyclic) bond motifs is 1. The van der Waals surface area contributed by atoms with Crippen molar-refractivity contribution in [3.05, 3.63) is 144 Å². The summed E-state index contributed by atoms with van der Waals surface area (Å²) in [6.07, 6.45) is 2.98. The van der Waals surface area contributed by atoms with Gasteiger partial charge in [0.25, 0.3) is 5.91 Å². The molecule has 0 saturated carbocycles. The molecule has 3 heterocycles. The summed E-state index contributed by atoms with van der Waals surface area (Å²) in [5, 5.41) is 14.9. The lowest BCUT2D eigenvalue weighted by atomic mass is 9.80. The molecule has 1 aliphatic heterocycles. The smallest absolute Gasteiger partial charge is 0.256 e. The Morgan fingerprint density at radius 1 is 0.807 bits per heavy atom. The van der Waals surface area contributed by atoms with Crippen LogP contribution in [0.3, 0.4) is 0 Å². The minimum atomic E-state index is -1.14. The lowest BCUT2D eigenvalue weighted by Crippen LogP contribution is -2.40. The van der Waals surface area contributed by atoms with Crippen LogP contribution in [-0.2, 0) is 19.8 Å². The molecule has 7 rings (SSSR count). The zero-order valence-electron chi connectivity index (χ0n) is 32.1. The van der Waals surface area contributed by atoms with Gasteiger partial charge in [0.15, 0.2) is 23.2 Å². The number of nitrogens with zero attached hydrogens (tertiary/aromatic N) is 4. The summed E-state index contributed by atoms with van der Waals surface area (Å²) in [5.74, 6) is 1.32. The number of benzene rings is 4. The van der Waals surface area contributed by atoms with Crippen LogP contribution < -0.4 is 20.5 Å². The van der Waals surface area contributed by atoms with Crippen molar-refractivity contribution in [3.8, 4) is 11.5 Å². The number of aromatic nitrogens is 4. The molecular weight excluding hydrogens is 725 g/mol. The number of hydrogen-bond donors (Lipinski definition) is 3. The first kappa shape index (κ1) is 39.5. The van der Waals surface area contributed by atoms with Crippen LogP contribution in [0.2, 0.25) is 0 Å². The van der Waals surface area contributed by atoms with E-state index in [1.165, 1.54) is 6.33 Å². The Bertz CT molecular complexity index is 2140. The van der Waals surface area contributed by atoms with Crippen molar-refractivity contribution in [2.24, 2.45) is 5.73 Å². The zero-order valence-corrected chi connectivity index (χ0v) is 32.1. The summed E-state index contributed by atoms with van der Waals surface area (Å²) in [6, 6.07) is 34.3. The second-order valence-electron chi connectivity index (χ2n) is 13.8. The highest BCUT2D eigenvalue weighted by Gasteiger charge is 2.48. The Labute approximate surface area is 331 Å². The number of methoxy groups -OCH3 is 2. The van der Waals surface area contributed by atoms with E-state index < -0.39 is 30.1 Å². The Kier molecular flexibility index (Phi) is 12.8. The van der Waals surface area contributed by atoms with Crippen LogP contribution in [0.15, 0.2) is 122 Å². The van der Waals surface area contributed by atoms with Crippen LogP contribution in [0.4, 0.5) is 5.82 Å². The van der Waals surface area contributed by atoms with Gasteiger partial charge in [0.2, 0.25) is 0 Å². The Morgan fingerprint density at radius 3 is 2.05 bits per heavy atom. The number of amides is 1. The zero-order chi connectivity index (χ0) is 39.6. The lowest BCUT2D eigenvalue weighted by Gasteiger charge is -2.37. The average Bonchev–Trinajstić information content (AvgIpc) is 3.84. The number of anilines is 1. The van der Waals surface area contributed by atoms with Crippen molar-refractivity contribution < 1.29 is 33.6 Å². The quantitative estimate of drug-likeness (QED) is 0.0667. The summed E-state index contributed by atoms with van der Waals surface area (Å²) < 4.78 is 33.0. The van der Waals surface area contributed by atoms with Crippen LogP contribution in [0.1, 0.15) is 59.0 Å². The first-order chi connectivity index (χ1) is 28.0. The minimum Gasteiger partial charge on any atom is -0.497 e. The highest BCUT2D eigenvalue weighted by Crippen LogP contribution is 2.43. The fourth-order valence-electron chi connectivity index (χ4n) is 7.26. The summed E-state index contributed by atoms with van der Waals surface area (Å²) in [7, 11) is 3.26. The maximum Gasteiger partial charge on any atom is 0.256 e. The number of unbranched alkanes of at least 4 members (excludes halogenated alkanes) is 3. The van der Waals surface area contributed by atoms with Gasteiger partial charge < -0.3 is 39.8 Å². The van der Waals surface area contributed by atoms with Crippen molar-refractivity contribution in [2.45, 2.75) is 55.8 Å². The molecule has 1 amide bonds. The van der Waals surface area contributed by atoms with Crippen LogP contribution in [-0.4, -0.2) is 82.8 Å².